The molecule has 1 aromatic rings. The quantitative estimate of drug-likeness (QED) is 0.851. The van der Waals surface area contributed by atoms with Crippen molar-refractivity contribution >= 4 is 11.6 Å². The van der Waals surface area contributed by atoms with Crippen molar-refractivity contribution in [3.63, 3.8) is 0 Å². The Morgan fingerprint density at radius 1 is 1.32 bits per heavy atom. The number of amides is 1. The minimum absolute atomic E-state index is 0.0608. The molecule has 1 saturated carbocycles. The van der Waals surface area contributed by atoms with E-state index in [0.717, 1.165) is 42.6 Å². The van der Waals surface area contributed by atoms with Crippen LogP contribution in [0, 0.1) is 6.92 Å². The number of rotatable bonds is 5. The van der Waals surface area contributed by atoms with Crippen molar-refractivity contribution in [2.45, 2.75) is 52.0 Å². The van der Waals surface area contributed by atoms with Crippen LogP contribution in [0.15, 0.2) is 18.2 Å². The van der Waals surface area contributed by atoms with Gasteiger partial charge in [0.25, 0.3) is 5.91 Å². The molecule has 0 saturated heterocycles. The van der Waals surface area contributed by atoms with Crippen LogP contribution in [0.25, 0.3) is 0 Å². The molecule has 3 nitrogen and oxygen atoms in total. The zero-order valence-corrected chi connectivity index (χ0v) is 12.2. The number of aryl methyl sites for hydroxylation is 1. The third kappa shape index (κ3) is 2.91. The third-order valence-corrected chi connectivity index (χ3v) is 4.22. The van der Waals surface area contributed by atoms with Gasteiger partial charge in [0.15, 0.2) is 0 Å². The van der Waals surface area contributed by atoms with Gasteiger partial charge in [0.2, 0.25) is 0 Å². The Morgan fingerprint density at radius 2 is 2.05 bits per heavy atom. The highest BCUT2D eigenvalue weighted by Gasteiger charge is 2.36. The van der Waals surface area contributed by atoms with Crippen molar-refractivity contribution in [1.82, 2.24) is 5.32 Å². The maximum absolute atomic E-state index is 12.3. The molecule has 0 radical (unpaired) electrons. The Labute approximate surface area is 115 Å². The van der Waals surface area contributed by atoms with Crippen molar-refractivity contribution < 1.29 is 4.79 Å². The summed E-state index contributed by atoms with van der Waals surface area (Å²) < 4.78 is 0. The fourth-order valence-corrected chi connectivity index (χ4v) is 2.68. The summed E-state index contributed by atoms with van der Waals surface area (Å²) in [5.41, 5.74) is 3.05. The van der Waals surface area contributed by atoms with Crippen molar-refractivity contribution in [2.24, 2.45) is 0 Å². The molecule has 104 valence electrons. The van der Waals surface area contributed by atoms with Crippen LogP contribution in [0.3, 0.4) is 0 Å². The van der Waals surface area contributed by atoms with Gasteiger partial charge in [-0.15, -0.1) is 0 Å². The van der Waals surface area contributed by atoms with Gasteiger partial charge in [-0.3, -0.25) is 4.79 Å². The molecule has 0 bridgehead atoms. The summed E-state index contributed by atoms with van der Waals surface area (Å²) in [6.07, 6.45) is 4.48. The zero-order chi connectivity index (χ0) is 13.9. The molecule has 1 aliphatic rings. The Hall–Kier alpha value is -1.51. The number of carbonyl (C=O) groups excluding carboxylic acids is 1. The van der Waals surface area contributed by atoms with Gasteiger partial charge in [-0.1, -0.05) is 6.92 Å². The minimum Gasteiger partial charge on any atom is -0.385 e. The number of carbonyl (C=O) groups is 1. The summed E-state index contributed by atoms with van der Waals surface area (Å²) in [5.74, 6) is 0.0627. The number of anilines is 1. The maximum atomic E-state index is 12.3. The van der Waals surface area contributed by atoms with E-state index in [9.17, 15) is 4.79 Å². The lowest BCUT2D eigenvalue weighted by Gasteiger charge is -2.42. The topological polar surface area (TPSA) is 41.1 Å². The Bertz CT molecular complexity index is 458. The van der Waals surface area contributed by atoms with Crippen molar-refractivity contribution in [2.75, 3.05) is 11.9 Å². The zero-order valence-electron chi connectivity index (χ0n) is 12.2. The van der Waals surface area contributed by atoms with Gasteiger partial charge in [0, 0.05) is 23.3 Å². The molecule has 0 unspecified atom stereocenters. The van der Waals surface area contributed by atoms with Gasteiger partial charge in [0.1, 0.15) is 0 Å². The molecule has 0 aromatic heterocycles. The standard InChI is InChI=1S/C16H24N2O/c1-4-16(9-6-10-16)18-15(19)13-7-8-14(17-5-2)12(3)11-13/h7-8,11,17H,4-6,9-10H2,1-3H3,(H,18,19). The summed E-state index contributed by atoms with van der Waals surface area (Å²) >= 11 is 0. The first-order valence-electron chi connectivity index (χ1n) is 7.27. The van der Waals surface area contributed by atoms with Gasteiger partial charge in [-0.25, -0.2) is 0 Å². The summed E-state index contributed by atoms with van der Waals surface area (Å²) in [4.78, 5) is 12.3. The number of benzene rings is 1. The van der Waals surface area contributed by atoms with Crippen LogP contribution in [0.5, 0.6) is 0 Å². The fourth-order valence-electron chi connectivity index (χ4n) is 2.68. The van der Waals surface area contributed by atoms with Crippen LogP contribution in [-0.4, -0.2) is 18.0 Å². The molecule has 2 rings (SSSR count). The third-order valence-electron chi connectivity index (χ3n) is 4.22. The molecule has 3 heteroatoms. The van der Waals surface area contributed by atoms with Crippen LogP contribution in [0.2, 0.25) is 0 Å². The molecule has 2 N–H and O–H groups in total. The van der Waals surface area contributed by atoms with E-state index in [1.807, 2.05) is 25.1 Å². The Kier molecular flexibility index (Phi) is 4.13. The number of hydrogen-bond acceptors (Lipinski definition) is 2. The molecule has 1 aromatic carbocycles. The van der Waals surface area contributed by atoms with Crippen LogP contribution in [0.4, 0.5) is 5.69 Å². The number of nitrogens with one attached hydrogen (secondary N) is 2. The van der Waals surface area contributed by atoms with Gasteiger partial charge in [0.05, 0.1) is 0 Å². The van der Waals surface area contributed by atoms with Crippen molar-refractivity contribution in [1.29, 1.82) is 0 Å². The molecule has 1 fully saturated rings. The summed E-state index contributed by atoms with van der Waals surface area (Å²) in [7, 11) is 0. The highest BCUT2D eigenvalue weighted by Crippen LogP contribution is 2.34. The monoisotopic (exact) mass is 260 g/mol. The van der Waals surface area contributed by atoms with E-state index in [0.29, 0.717) is 0 Å². The fraction of sp³-hybridized carbons (Fsp3) is 0.562. The van der Waals surface area contributed by atoms with E-state index in [-0.39, 0.29) is 11.4 Å². The molecule has 1 aliphatic carbocycles. The molecule has 0 atom stereocenters. The highest BCUT2D eigenvalue weighted by atomic mass is 16.1. The Morgan fingerprint density at radius 3 is 2.53 bits per heavy atom. The lowest BCUT2D eigenvalue weighted by Crippen LogP contribution is -2.52. The van der Waals surface area contributed by atoms with E-state index >= 15 is 0 Å². The van der Waals surface area contributed by atoms with Crippen LogP contribution < -0.4 is 10.6 Å². The smallest absolute Gasteiger partial charge is 0.251 e. The normalized spacial score (nSPS) is 16.6. The van der Waals surface area contributed by atoms with Gasteiger partial charge >= 0.3 is 0 Å². The van der Waals surface area contributed by atoms with Crippen LogP contribution in [-0.2, 0) is 0 Å². The summed E-state index contributed by atoms with van der Waals surface area (Å²) in [6, 6.07) is 5.87. The summed E-state index contributed by atoms with van der Waals surface area (Å²) in [6.45, 7) is 7.15. The van der Waals surface area contributed by atoms with Gasteiger partial charge in [-0.05, 0) is 63.3 Å². The van der Waals surface area contributed by atoms with E-state index in [2.05, 4.69) is 24.5 Å². The molecule has 0 aliphatic heterocycles. The largest absolute Gasteiger partial charge is 0.385 e. The second-order valence-corrected chi connectivity index (χ2v) is 5.50. The first-order chi connectivity index (χ1) is 9.10. The molecule has 1 amide bonds. The Balaban J connectivity index is 2.09. The minimum atomic E-state index is 0.0608. The van der Waals surface area contributed by atoms with E-state index in [1.54, 1.807) is 0 Å². The molecular weight excluding hydrogens is 236 g/mol. The second kappa shape index (κ2) is 5.64. The van der Waals surface area contributed by atoms with Crippen LogP contribution in [0.1, 0.15) is 55.5 Å². The lowest BCUT2D eigenvalue weighted by atomic mass is 9.74. The van der Waals surface area contributed by atoms with Crippen molar-refractivity contribution in [3.05, 3.63) is 29.3 Å². The molecule has 19 heavy (non-hydrogen) atoms. The molecule has 0 heterocycles. The lowest BCUT2D eigenvalue weighted by molar-refractivity contribution is 0.0820. The molecule has 0 spiro atoms. The SMILES string of the molecule is CCNc1ccc(C(=O)NC2(CC)CCC2)cc1C. The van der Waals surface area contributed by atoms with E-state index < -0.39 is 0 Å². The van der Waals surface area contributed by atoms with E-state index in [1.165, 1.54) is 6.42 Å². The number of hydrogen-bond donors (Lipinski definition) is 2. The van der Waals surface area contributed by atoms with Gasteiger partial charge in [-0.2, -0.15) is 0 Å². The average molecular weight is 260 g/mol. The predicted molar refractivity (Wildman–Crippen MR) is 79.7 cm³/mol. The highest BCUT2D eigenvalue weighted by molar-refractivity contribution is 5.95. The average Bonchev–Trinajstić information content (AvgIpc) is 2.36. The van der Waals surface area contributed by atoms with Crippen molar-refractivity contribution in [3.8, 4) is 0 Å². The maximum Gasteiger partial charge on any atom is 0.251 e. The van der Waals surface area contributed by atoms with Gasteiger partial charge < -0.3 is 10.6 Å². The molecular formula is C16H24N2O. The predicted octanol–water partition coefficient (Wildman–Crippen LogP) is 3.49. The second-order valence-electron chi connectivity index (χ2n) is 5.50. The van der Waals surface area contributed by atoms with Crippen LogP contribution >= 0.6 is 0 Å². The summed E-state index contributed by atoms with van der Waals surface area (Å²) in [5, 5.41) is 6.51. The first kappa shape index (κ1) is 13.9. The van der Waals surface area contributed by atoms with E-state index in [4.69, 9.17) is 0 Å². The first-order valence-corrected chi connectivity index (χ1v) is 7.27.